The molecule has 0 spiro atoms. The second-order valence-electron chi connectivity index (χ2n) is 4.10. The first-order valence-corrected chi connectivity index (χ1v) is 5.34. The van der Waals surface area contributed by atoms with E-state index < -0.39 is 0 Å². The molecule has 0 aromatic carbocycles. The summed E-state index contributed by atoms with van der Waals surface area (Å²) < 4.78 is 0. The summed E-state index contributed by atoms with van der Waals surface area (Å²) in [4.78, 5) is 11.2. The summed E-state index contributed by atoms with van der Waals surface area (Å²) >= 11 is 0. The van der Waals surface area contributed by atoms with Gasteiger partial charge in [-0.25, -0.2) is 0 Å². The maximum Gasteiger partial charge on any atom is 0.152 e. The first-order valence-electron chi connectivity index (χ1n) is 5.34. The third kappa shape index (κ3) is 6.63. The van der Waals surface area contributed by atoms with Gasteiger partial charge in [0.05, 0.1) is 6.54 Å². The van der Waals surface area contributed by atoms with Crippen molar-refractivity contribution in [2.24, 2.45) is 11.1 Å². The van der Waals surface area contributed by atoms with Gasteiger partial charge in [-0.2, -0.15) is 0 Å². The van der Waals surface area contributed by atoms with Crippen molar-refractivity contribution in [2.75, 3.05) is 6.54 Å². The minimum absolute atomic E-state index is 0. The molecule has 0 bridgehead atoms. The van der Waals surface area contributed by atoms with E-state index in [0.29, 0.717) is 0 Å². The summed E-state index contributed by atoms with van der Waals surface area (Å²) in [5.74, 6) is 0.241. The molecule has 0 unspecified atom stereocenters. The molecule has 1 rings (SSSR count). The lowest BCUT2D eigenvalue weighted by molar-refractivity contribution is -0.126. The van der Waals surface area contributed by atoms with Crippen LogP contribution in [0.4, 0.5) is 0 Å². The summed E-state index contributed by atoms with van der Waals surface area (Å²) in [6.45, 7) is 6.51. The van der Waals surface area contributed by atoms with Crippen LogP contribution in [0.1, 0.15) is 60.3 Å². The van der Waals surface area contributed by atoms with Crippen LogP contribution in [0, 0.1) is 5.41 Å². The molecule has 15 heavy (non-hydrogen) atoms. The van der Waals surface area contributed by atoms with Crippen molar-refractivity contribution in [1.29, 1.82) is 0 Å². The van der Waals surface area contributed by atoms with Crippen LogP contribution in [0.25, 0.3) is 0 Å². The van der Waals surface area contributed by atoms with E-state index in [1.54, 1.807) is 0 Å². The maximum absolute atomic E-state index is 11.2. The monoisotopic (exact) mass is 218 g/mol. The maximum atomic E-state index is 11.2. The molecule has 3 heteroatoms. The average molecular weight is 218 g/mol. The van der Waals surface area contributed by atoms with Crippen molar-refractivity contribution in [3.05, 3.63) is 0 Å². The molecule has 0 radical (unpaired) electrons. The third-order valence-corrected chi connectivity index (χ3v) is 2.57. The van der Waals surface area contributed by atoms with Crippen molar-refractivity contribution in [1.82, 2.24) is 6.15 Å². The van der Waals surface area contributed by atoms with E-state index in [4.69, 9.17) is 5.73 Å². The van der Waals surface area contributed by atoms with Gasteiger partial charge in [0.2, 0.25) is 0 Å². The molecule has 1 aliphatic rings. The van der Waals surface area contributed by atoms with E-state index in [1.165, 1.54) is 19.3 Å². The number of nitrogens with two attached hydrogens (primary N) is 1. The van der Waals surface area contributed by atoms with Gasteiger partial charge in [-0.3, -0.25) is 4.79 Å². The first-order chi connectivity index (χ1) is 6.10. The van der Waals surface area contributed by atoms with Crippen molar-refractivity contribution >= 4 is 5.78 Å². The normalized spacial score (nSPS) is 16.5. The molecule has 94 valence electrons. The Hall–Kier alpha value is -0.410. The summed E-state index contributed by atoms with van der Waals surface area (Å²) in [7, 11) is 0. The number of rotatable bonds is 2. The van der Waals surface area contributed by atoms with E-state index in [1.807, 2.05) is 6.92 Å². The van der Waals surface area contributed by atoms with Crippen molar-refractivity contribution in [3.8, 4) is 0 Å². The summed E-state index contributed by atoms with van der Waals surface area (Å²) in [6.07, 6.45) is 5.73. The van der Waals surface area contributed by atoms with Crippen LogP contribution in [-0.2, 0) is 4.79 Å². The lowest BCUT2D eigenvalue weighted by Crippen LogP contribution is -2.30. The predicted molar refractivity (Wildman–Crippen MR) is 68.4 cm³/mol. The highest BCUT2D eigenvalue weighted by molar-refractivity contribution is 5.86. The highest BCUT2D eigenvalue weighted by Crippen LogP contribution is 2.37. The molecule has 1 fully saturated rings. The minimum Gasteiger partial charge on any atom is -0.344 e. The third-order valence-electron chi connectivity index (χ3n) is 2.57. The largest absolute Gasteiger partial charge is 0.344 e. The van der Waals surface area contributed by atoms with Crippen molar-refractivity contribution in [2.45, 2.75) is 60.3 Å². The lowest BCUT2D eigenvalue weighted by atomic mass is 9.84. The summed E-state index contributed by atoms with van der Waals surface area (Å²) in [6, 6.07) is 0. The van der Waals surface area contributed by atoms with Gasteiger partial charge in [-0.05, 0) is 12.8 Å². The van der Waals surface area contributed by atoms with Gasteiger partial charge < -0.3 is 11.9 Å². The average Bonchev–Trinajstić information content (AvgIpc) is 2.53. The van der Waals surface area contributed by atoms with E-state index in [9.17, 15) is 4.79 Å². The Morgan fingerprint density at radius 2 is 1.60 bits per heavy atom. The number of carbonyl (C=O) groups is 1. The highest BCUT2D eigenvalue weighted by Gasteiger charge is 2.34. The molecule has 0 heterocycles. The Balaban J connectivity index is -0.000000260. The second kappa shape index (κ2) is 10.1. The zero-order valence-electron chi connectivity index (χ0n) is 9.94. The molecule has 1 saturated carbocycles. The number of hydrogen-bond acceptors (Lipinski definition) is 3. The SMILES string of the molecule is C.CC1(C(=O)CN)CCCC1.CCC.N. The Bertz CT molecular complexity index is 152. The number of ketones is 1. The van der Waals surface area contributed by atoms with Crippen molar-refractivity contribution < 1.29 is 4.79 Å². The molecule has 0 aliphatic heterocycles. The summed E-state index contributed by atoms with van der Waals surface area (Å²) in [5, 5.41) is 0. The fraction of sp³-hybridized carbons (Fsp3) is 0.917. The Morgan fingerprint density at radius 3 is 1.87 bits per heavy atom. The van der Waals surface area contributed by atoms with Crippen LogP contribution in [0.3, 0.4) is 0 Å². The van der Waals surface area contributed by atoms with Gasteiger partial charge in [0.1, 0.15) is 0 Å². The Morgan fingerprint density at radius 1 is 1.27 bits per heavy atom. The fourth-order valence-corrected chi connectivity index (χ4v) is 1.68. The van der Waals surface area contributed by atoms with Gasteiger partial charge in [-0.15, -0.1) is 0 Å². The Kier molecular flexibility index (Phi) is 13.5. The Labute approximate surface area is 95.4 Å². The molecule has 5 N–H and O–H groups in total. The minimum atomic E-state index is -0.0608. The lowest BCUT2D eigenvalue weighted by Gasteiger charge is -2.19. The van der Waals surface area contributed by atoms with Crippen molar-refractivity contribution in [3.63, 3.8) is 0 Å². The van der Waals surface area contributed by atoms with Crippen LogP contribution in [0.2, 0.25) is 0 Å². The van der Waals surface area contributed by atoms with Gasteiger partial charge in [0.15, 0.2) is 5.78 Å². The predicted octanol–water partition coefficient (Wildman–Crippen LogP) is 3.31. The molecule has 0 aromatic rings. The molecular weight excluding hydrogens is 188 g/mol. The van der Waals surface area contributed by atoms with Crippen LogP contribution < -0.4 is 11.9 Å². The second-order valence-corrected chi connectivity index (χ2v) is 4.10. The molecule has 0 atom stereocenters. The number of hydrogen-bond donors (Lipinski definition) is 2. The van der Waals surface area contributed by atoms with Crippen LogP contribution in [0.5, 0.6) is 0 Å². The molecule has 3 nitrogen and oxygen atoms in total. The number of carbonyl (C=O) groups excluding carboxylic acids is 1. The van der Waals surface area contributed by atoms with Crippen LogP contribution in [-0.4, -0.2) is 12.3 Å². The van der Waals surface area contributed by atoms with Gasteiger partial charge in [0, 0.05) is 5.41 Å². The quantitative estimate of drug-likeness (QED) is 0.746. The standard InChI is InChI=1S/C8H15NO.C3H8.CH4.H3N/c1-8(7(10)6-9)4-2-3-5-8;1-3-2;;/h2-6,9H2,1H3;3H2,1-2H3;1H4;1H3. The fourth-order valence-electron chi connectivity index (χ4n) is 1.68. The summed E-state index contributed by atoms with van der Waals surface area (Å²) in [5.41, 5.74) is 5.23. The molecule has 1 aliphatic carbocycles. The van der Waals surface area contributed by atoms with Gasteiger partial charge in [0.25, 0.3) is 0 Å². The zero-order chi connectivity index (χ0) is 10.3. The molecular formula is C12H30N2O. The highest BCUT2D eigenvalue weighted by atomic mass is 16.1. The molecule has 0 saturated heterocycles. The first kappa shape index (κ1) is 20.1. The van der Waals surface area contributed by atoms with E-state index in [0.717, 1.165) is 12.8 Å². The topological polar surface area (TPSA) is 78.1 Å². The number of Topliss-reactive ketones (excluding diaryl/α,β-unsaturated/α-hetero) is 1. The molecule has 0 amide bonds. The molecule has 0 aromatic heterocycles. The zero-order valence-corrected chi connectivity index (χ0v) is 9.94. The van der Waals surface area contributed by atoms with Gasteiger partial charge in [-0.1, -0.05) is 47.5 Å². The van der Waals surface area contributed by atoms with Crippen LogP contribution >= 0.6 is 0 Å². The smallest absolute Gasteiger partial charge is 0.152 e. The van der Waals surface area contributed by atoms with E-state index >= 15 is 0 Å². The van der Waals surface area contributed by atoms with Crippen LogP contribution in [0.15, 0.2) is 0 Å². The van der Waals surface area contributed by atoms with E-state index in [2.05, 4.69) is 13.8 Å². The van der Waals surface area contributed by atoms with E-state index in [-0.39, 0.29) is 31.3 Å². The van der Waals surface area contributed by atoms with Gasteiger partial charge >= 0.3 is 0 Å².